The Kier molecular flexibility index (Phi) is 3.79. The standard InChI is InChI=1S/C12H9Cl2N3O/c1-7-5-6-10(17-16-7)12(18)15-9-4-2-3-8(13)11(9)14/h2-6H,1H3,(H,15,18). The van der Waals surface area contributed by atoms with Gasteiger partial charge in [0.2, 0.25) is 0 Å². The van der Waals surface area contributed by atoms with Gasteiger partial charge in [-0.2, -0.15) is 5.10 Å². The summed E-state index contributed by atoms with van der Waals surface area (Å²) in [7, 11) is 0. The second-order valence-electron chi connectivity index (χ2n) is 3.62. The van der Waals surface area contributed by atoms with Gasteiger partial charge in [0.05, 0.1) is 21.4 Å². The van der Waals surface area contributed by atoms with Crippen molar-refractivity contribution in [2.45, 2.75) is 6.92 Å². The molecule has 0 saturated carbocycles. The van der Waals surface area contributed by atoms with E-state index in [9.17, 15) is 4.79 Å². The van der Waals surface area contributed by atoms with Crippen LogP contribution in [0.25, 0.3) is 0 Å². The molecule has 0 fully saturated rings. The number of aryl methyl sites for hydroxylation is 1. The summed E-state index contributed by atoms with van der Waals surface area (Å²) in [6.07, 6.45) is 0. The van der Waals surface area contributed by atoms with Crippen LogP contribution in [0.4, 0.5) is 5.69 Å². The van der Waals surface area contributed by atoms with Gasteiger partial charge in [-0.15, -0.1) is 5.10 Å². The average Bonchev–Trinajstić information content (AvgIpc) is 2.36. The Labute approximate surface area is 114 Å². The molecule has 0 unspecified atom stereocenters. The summed E-state index contributed by atoms with van der Waals surface area (Å²) in [5.74, 6) is -0.383. The molecule has 4 nitrogen and oxygen atoms in total. The van der Waals surface area contributed by atoms with E-state index in [-0.39, 0.29) is 11.6 Å². The monoisotopic (exact) mass is 281 g/mol. The van der Waals surface area contributed by atoms with Crippen LogP contribution in [0.1, 0.15) is 16.2 Å². The van der Waals surface area contributed by atoms with Crippen LogP contribution in [-0.4, -0.2) is 16.1 Å². The van der Waals surface area contributed by atoms with E-state index in [0.717, 1.165) is 5.69 Å². The summed E-state index contributed by atoms with van der Waals surface area (Å²) in [6, 6.07) is 8.31. The van der Waals surface area contributed by atoms with Crippen LogP contribution >= 0.6 is 23.2 Å². The molecule has 0 saturated heterocycles. The number of aromatic nitrogens is 2. The van der Waals surface area contributed by atoms with E-state index >= 15 is 0 Å². The van der Waals surface area contributed by atoms with Crippen LogP contribution in [0.5, 0.6) is 0 Å². The number of benzene rings is 1. The van der Waals surface area contributed by atoms with E-state index in [1.807, 2.05) is 0 Å². The molecule has 0 spiro atoms. The Morgan fingerprint density at radius 1 is 1.17 bits per heavy atom. The number of carbonyl (C=O) groups excluding carboxylic acids is 1. The summed E-state index contributed by atoms with van der Waals surface area (Å²) in [4.78, 5) is 11.9. The number of rotatable bonds is 2. The lowest BCUT2D eigenvalue weighted by atomic mass is 10.3. The fraction of sp³-hybridized carbons (Fsp3) is 0.0833. The Balaban J connectivity index is 2.21. The fourth-order valence-corrected chi connectivity index (χ4v) is 1.65. The summed E-state index contributed by atoms with van der Waals surface area (Å²) in [5, 5.41) is 10.9. The van der Waals surface area contributed by atoms with Crippen LogP contribution in [0.2, 0.25) is 10.0 Å². The third-order valence-electron chi connectivity index (χ3n) is 2.23. The molecule has 2 rings (SSSR count). The summed E-state index contributed by atoms with van der Waals surface area (Å²) in [5.41, 5.74) is 1.40. The molecule has 0 atom stereocenters. The summed E-state index contributed by atoms with van der Waals surface area (Å²) in [6.45, 7) is 1.79. The minimum Gasteiger partial charge on any atom is -0.319 e. The maximum atomic E-state index is 11.9. The molecule has 1 heterocycles. The minimum atomic E-state index is -0.383. The number of carbonyl (C=O) groups is 1. The number of anilines is 1. The molecule has 1 N–H and O–H groups in total. The Morgan fingerprint density at radius 3 is 2.61 bits per heavy atom. The average molecular weight is 282 g/mol. The first-order valence-corrected chi connectivity index (χ1v) is 5.89. The van der Waals surface area contributed by atoms with Crippen LogP contribution in [0.3, 0.4) is 0 Å². The van der Waals surface area contributed by atoms with Gasteiger partial charge in [0.1, 0.15) is 0 Å². The third kappa shape index (κ3) is 2.78. The molecule has 92 valence electrons. The van der Waals surface area contributed by atoms with E-state index in [1.54, 1.807) is 37.3 Å². The van der Waals surface area contributed by atoms with Gasteiger partial charge >= 0.3 is 0 Å². The van der Waals surface area contributed by atoms with Gasteiger partial charge in [0.25, 0.3) is 5.91 Å². The van der Waals surface area contributed by atoms with E-state index in [2.05, 4.69) is 15.5 Å². The second-order valence-corrected chi connectivity index (χ2v) is 4.40. The molecule has 0 aliphatic carbocycles. The summed E-state index contributed by atoms with van der Waals surface area (Å²) >= 11 is 11.8. The predicted octanol–water partition coefficient (Wildman–Crippen LogP) is 3.34. The molecule has 0 radical (unpaired) electrons. The normalized spacial score (nSPS) is 10.2. The van der Waals surface area contributed by atoms with Crippen molar-refractivity contribution in [1.82, 2.24) is 10.2 Å². The van der Waals surface area contributed by atoms with Crippen molar-refractivity contribution in [2.75, 3.05) is 5.32 Å². The first kappa shape index (κ1) is 12.8. The largest absolute Gasteiger partial charge is 0.319 e. The van der Waals surface area contributed by atoms with E-state index in [4.69, 9.17) is 23.2 Å². The number of hydrogen-bond acceptors (Lipinski definition) is 3. The van der Waals surface area contributed by atoms with Crippen molar-refractivity contribution in [3.05, 3.63) is 51.8 Å². The molecule has 1 aromatic carbocycles. The van der Waals surface area contributed by atoms with Crippen LogP contribution < -0.4 is 5.32 Å². The van der Waals surface area contributed by atoms with Gasteiger partial charge in [-0.3, -0.25) is 4.79 Å². The maximum Gasteiger partial charge on any atom is 0.276 e. The van der Waals surface area contributed by atoms with Gasteiger partial charge in [-0.1, -0.05) is 29.3 Å². The highest BCUT2D eigenvalue weighted by atomic mass is 35.5. The SMILES string of the molecule is Cc1ccc(C(=O)Nc2cccc(Cl)c2Cl)nn1. The lowest BCUT2D eigenvalue weighted by molar-refractivity contribution is 0.102. The van der Waals surface area contributed by atoms with Gasteiger partial charge in [-0.05, 0) is 31.2 Å². The van der Waals surface area contributed by atoms with Crippen molar-refractivity contribution in [3.63, 3.8) is 0 Å². The zero-order valence-corrected chi connectivity index (χ0v) is 11.0. The van der Waals surface area contributed by atoms with Gasteiger partial charge in [-0.25, -0.2) is 0 Å². The zero-order chi connectivity index (χ0) is 13.1. The van der Waals surface area contributed by atoms with E-state index < -0.39 is 0 Å². The highest BCUT2D eigenvalue weighted by Gasteiger charge is 2.11. The van der Waals surface area contributed by atoms with Crippen LogP contribution in [-0.2, 0) is 0 Å². The van der Waals surface area contributed by atoms with Crippen molar-refractivity contribution in [2.24, 2.45) is 0 Å². The number of halogens is 2. The van der Waals surface area contributed by atoms with Crippen LogP contribution in [0.15, 0.2) is 30.3 Å². The molecule has 0 aliphatic rings. The van der Waals surface area contributed by atoms with Crippen LogP contribution in [0, 0.1) is 6.92 Å². The Bertz CT molecular complexity index is 584. The highest BCUT2D eigenvalue weighted by Crippen LogP contribution is 2.29. The highest BCUT2D eigenvalue weighted by molar-refractivity contribution is 6.44. The number of hydrogen-bond donors (Lipinski definition) is 1. The molecule has 2 aromatic rings. The molecule has 0 aliphatic heterocycles. The second kappa shape index (κ2) is 5.33. The first-order valence-electron chi connectivity index (χ1n) is 5.13. The fourth-order valence-electron chi connectivity index (χ4n) is 1.31. The first-order chi connectivity index (χ1) is 8.58. The number of nitrogens with one attached hydrogen (secondary N) is 1. The third-order valence-corrected chi connectivity index (χ3v) is 3.05. The molecular weight excluding hydrogens is 273 g/mol. The lowest BCUT2D eigenvalue weighted by Crippen LogP contribution is -2.14. The molecule has 6 heteroatoms. The van der Waals surface area contributed by atoms with Gasteiger partial charge in [0.15, 0.2) is 5.69 Å². The van der Waals surface area contributed by atoms with Gasteiger partial charge < -0.3 is 5.32 Å². The van der Waals surface area contributed by atoms with Crippen molar-refractivity contribution < 1.29 is 4.79 Å². The van der Waals surface area contributed by atoms with E-state index in [0.29, 0.717) is 15.7 Å². The topological polar surface area (TPSA) is 54.9 Å². The molecule has 18 heavy (non-hydrogen) atoms. The zero-order valence-electron chi connectivity index (χ0n) is 9.45. The quantitative estimate of drug-likeness (QED) is 0.919. The smallest absolute Gasteiger partial charge is 0.276 e. The predicted molar refractivity (Wildman–Crippen MR) is 71.2 cm³/mol. The molecular formula is C12H9Cl2N3O. The number of amides is 1. The molecule has 1 aromatic heterocycles. The maximum absolute atomic E-state index is 11.9. The minimum absolute atomic E-state index is 0.219. The number of nitrogens with zero attached hydrogens (tertiary/aromatic N) is 2. The van der Waals surface area contributed by atoms with E-state index in [1.165, 1.54) is 0 Å². The molecule has 0 bridgehead atoms. The van der Waals surface area contributed by atoms with Crippen molar-refractivity contribution in [3.8, 4) is 0 Å². The van der Waals surface area contributed by atoms with Crippen molar-refractivity contribution in [1.29, 1.82) is 0 Å². The Hall–Kier alpha value is -1.65. The van der Waals surface area contributed by atoms with Gasteiger partial charge in [0, 0.05) is 0 Å². The van der Waals surface area contributed by atoms with Crippen molar-refractivity contribution >= 4 is 34.8 Å². The summed E-state index contributed by atoms with van der Waals surface area (Å²) < 4.78 is 0. The molecule has 1 amide bonds. The lowest BCUT2D eigenvalue weighted by Gasteiger charge is -2.07. The Morgan fingerprint density at radius 2 is 1.94 bits per heavy atom.